The summed E-state index contributed by atoms with van der Waals surface area (Å²) in [6.45, 7) is 0.910. The van der Waals surface area contributed by atoms with Crippen molar-refractivity contribution in [2.75, 3.05) is 13.2 Å². The van der Waals surface area contributed by atoms with Gasteiger partial charge in [-0.05, 0) is 61.4 Å². The van der Waals surface area contributed by atoms with Gasteiger partial charge in [0.15, 0.2) is 0 Å². The molecule has 1 aromatic carbocycles. The van der Waals surface area contributed by atoms with Crippen molar-refractivity contribution in [1.82, 2.24) is 10.0 Å². The first kappa shape index (κ1) is 21.7. The molecule has 1 aliphatic carbocycles. The minimum atomic E-state index is -0.491. The van der Waals surface area contributed by atoms with Gasteiger partial charge in [0.25, 0.3) is 0 Å². The number of hydrogen-bond acceptors (Lipinski definition) is 6. The van der Waals surface area contributed by atoms with E-state index in [4.69, 9.17) is 20.1 Å². The molecule has 1 atom stereocenters. The predicted molar refractivity (Wildman–Crippen MR) is 111 cm³/mol. The molecule has 1 amide bonds. The van der Waals surface area contributed by atoms with E-state index in [9.17, 15) is 9.18 Å². The van der Waals surface area contributed by atoms with Crippen LogP contribution in [0.5, 0.6) is 5.75 Å². The van der Waals surface area contributed by atoms with Gasteiger partial charge in [-0.1, -0.05) is 0 Å². The second-order valence-electron chi connectivity index (χ2n) is 8.20. The molecule has 0 spiro atoms. The van der Waals surface area contributed by atoms with E-state index in [-0.39, 0.29) is 23.4 Å². The van der Waals surface area contributed by atoms with Crippen molar-refractivity contribution < 1.29 is 18.8 Å². The number of hydrogen-bond donors (Lipinski definition) is 0. The first-order chi connectivity index (χ1) is 15.6. The van der Waals surface area contributed by atoms with Gasteiger partial charge in [0.05, 0.1) is 30.9 Å². The fourth-order valence-corrected chi connectivity index (χ4v) is 4.39. The van der Waals surface area contributed by atoms with Crippen molar-refractivity contribution in [1.29, 1.82) is 10.5 Å². The smallest absolute Gasteiger partial charge is 0.249 e. The molecule has 1 saturated heterocycles. The van der Waals surface area contributed by atoms with Gasteiger partial charge in [0, 0.05) is 24.6 Å². The Morgan fingerprint density at radius 2 is 1.97 bits per heavy atom. The zero-order valence-electron chi connectivity index (χ0n) is 17.5. The fraction of sp³-hybridized carbons (Fsp3) is 0.417. The number of pyridine rings is 1. The van der Waals surface area contributed by atoms with E-state index in [1.54, 1.807) is 24.4 Å². The monoisotopic (exact) mass is 434 g/mol. The quantitative estimate of drug-likeness (QED) is 0.704. The average molecular weight is 434 g/mol. The van der Waals surface area contributed by atoms with Crippen LogP contribution in [0, 0.1) is 40.3 Å². The topological polar surface area (TPSA) is 99.2 Å². The molecular weight excluding hydrogens is 411 g/mol. The van der Waals surface area contributed by atoms with Crippen LogP contribution in [0.3, 0.4) is 0 Å². The number of ether oxygens (including phenoxy) is 1. The SMILES string of the molecule is N#Cc1cc(F)cc([C@@H]2CCON2C(=O)C2CCC(COc3ccnc(C#N)c3)CC2)c1. The second-order valence-corrected chi connectivity index (χ2v) is 8.20. The lowest BCUT2D eigenvalue weighted by Gasteiger charge is -2.32. The van der Waals surface area contributed by atoms with Crippen LogP contribution in [0.15, 0.2) is 36.5 Å². The van der Waals surface area contributed by atoms with Crippen molar-refractivity contribution in [2.24, 2.45) is 11.8 Å². The predicted octanol–water partition coefficient (Wildman–Crippen LogP) is 4.05. The Kier molecular flexibility index (Phi) is 6.63. The summed E-state index contributed by atoms with van der Waals surface area (Å²) in [6, 6.07) is 11.1. The van der Waals surface area contributed by atoms with E-state index in [0.29, 0.717) is 42.6 Å². The second kappa shape index (κ2) is 9.76. The largest absolute Gasteiger partial charge is 0.493 e. The van der Waals surface area contributed by atoms with Crippen LogP contribution < -0.4 is 4.74 Å². The Labute approximate surface area is 185 Å². The number of amides is 1. The highest BCUT2D eigenvalue weighted by Crippen LogP contribution is 2.36. The molecule has 1 aliphatic heterocycles. The lowest BCUT2D eigenvalue weighted by atomic mass is 9.81. The zero-order valence-corrected chi connectivity index (χ0v) is 17.5. The fourth-order valence-electron chi connectivity index (χ4n) is 4.39. The Morgan fingerprint density at radius 1 is 1.16 bits per heavy atom. The van der Waals surface area contributed by atoms with Gasteiger partial charge >= 0.3 is 0 Å². The maximum Gasteiger partial charge on any atom is 0.249 e. The lowest BCUT2D eigenvalue weighted by Crippen LogP contribution is -2.37. The maximum absolute atomic E-state index is 13.9. The van der Waals surface area contributed by atoms with Crippen LogP contribution in [0.2, 0.25) is 0 Å². The first-order valence-corrected chi connectivity index (χ1v) is 10.7. The molecule has 0 radical (unpaired) electrons. The molecule has 164 valence electrons. The van der Waals surface area contributed by atoms with Gasteiger partial charge in [-0.3, -0.25) is 9.63 Å². The number of halogens is 1. The third kappa shape index (κ3) is 4.87. The van der Waals surface area contributed by atoms with E-state index >= 15 is 0 Å². The van der Waals surface area contributed by atoms with E-state index in [2.05, 4.69) is 4.98 Å². The highest BCUT2D eigenvalue weighted by atomic mass is 19.1. The lowest BCUT2D eigenvalue weighted by molar-refractivity contribution is -0.183. The summed E-state index contributed by atoms with van der Waals surface area (Å²) >= 11 is 0. The van der Waals surface area contributed by atoms with Crippen molar-refractivity contribution in [3.63, 3.8) is 0 Å². The van der Waals surface area contributed by atoms with Crippen LogP contribution in [0.4, 0.5) is 4.39 Å². The molecule has 4 rings (SSSR count). The summed E-state index contributed by atoms with van der Waals surface area (Å²) in [6.07, 6.45) is 5.28. The van der Waals surface area contributed by atoms with Gasteiger partial charge in [-0.25, -0.2) is 14.4 Å². The van der Waals surface area contributed by atoms with E-state index in [1.807, 2.05) is 12.1 Å². The molecule has 0 N–H and O–H groups in total. The van der Waals surface area contributed by atoms with E-state index < -0.39 is 5.82 Å². The zero-order chi connectivity index (χ0) is 22.5. The minimum absolute atomic E-state index is 0.0811. The van der Waals surface area contributed by atoms with E-state index in [1.165, 1.54) is 17.2 Å². The average Bonchev–Trinajstić information content (AvgIpc) is 3.32. The summed E-state index contributed by atoms with van der Waals surface area (Å²) in [5, 5.41) is 19.4. The van der Waals surface area contributed by atoms with Crippen LogP contribution in [0.1, 0.15) is 55.0 Å². The molecule has 0 bridgehead atoms. The third-order valence-electron chi connectivity index (χ3n) is 6.08. The van der Waals surface area contributed by atoms with Crippen molar-refractivity contribution in [3.05, 3.63) is 59.2 Å². The molecular formula is C24H23FN4O3. The van der Waals surface area contributed by atoms with Crippen molar-refractivity contribution >= 4 is 5.91 Å². The molecule has 2 fully saturated rings. The summed E-state index contributed by atoms with van der Waals surface area (Å²) < 4.78 is 19.7. The Balaban J connectivity index is 1.33. The molecule has 2 aromatic rings. The molecule has 0 unspecified atom stereocenters. The molecule has 7 nitrogen and oxygen atoms in total. The van der Waals surface area contributed by atoms with Crippen LogP contribution in [-0.4, -0.2) is 29.2 Å². The minimum Gasteiger partial charge on any atom is -0.493 e. The number of benzene rings is 1. The van der Waals surface area contributed by atoms with Crippen LogP contribution in [-0.2, 0) is 9.63 Å². The molecule has 32 heavy (non-hydrogen) atoms. The summed E-state index contributed by atoms with van der Waals surface area (Å²) in [7, 11) is 0. The number of nitriles is 2. The Hall–Kier alpha value is -3.49. The van der Waals surface area contributed by atoms with Crippen LogP contribution in [0.25, 0.3) is 0 Å². The van der Waals surface area contributed by atoms with Gasteiger partial charge in [0.2, 0.25) is 5.91 Å². The first-order valence-electron chi connectivity index (χ1n) is 10.7. The number of carbonyl (C=O) groups is 1. The normalized spacial score (nSPS) is 22.7. The van der Waals surface area contributed by atoms with Gasteiger partial charge in [0.1, 0.15) is 23.3 Å². The summed E-state index contributed by atoms with van der Waals surface area (Å²) in [4.78, 5) is 22.7. The summed E-state index contributed by atoms with van der Waals surface area (Å²) in [5.41, 5.74) is 1.14. The molecule has 1 saturated carbocycles. The third-order valence-corrected chi connectivity index (χ3v) is 6.08. The van der Waals surface area contributed by atoms with E-state index in [0.717, 1.165) is 25.7 Å². The van der Waals surface area contributed by atoms with Gasteiger partial charge in [-0.2, -0.15) is 10.5 Å². The van der Waals surface area contributed by atoms with Crippen molar-refractivity contribution in [3.8, 4) is 17.9 Å². The van der Waals surface area contributed by atoms with Crippen LogP contribution >= 0.6 is 0 Å². The number of aromatic nitrogens is 1. The highest BCUT2D eigenvalue weighted by Gasteiger charge is 2.37. The number of nitrogens with zero attached hydrogens (tertiary/aromatic N) is 4. The number of hydroxylamine groups is 2. The van der Waals surface area contributed by atoms with Crippen molar-refractivity contribution in [2.45, 2.75) is 38.1 Å². The molecule has 2 heterocycles. The molecule has 2 aliphatic rings. The Morgan fingerprint density at radius 3 is 2.72 bits per heavy atom. The number of carbonyl (C=O) groups excluding carboxylic acids is 1. The van der Waals surface area contributed by atoms with Gasteiger partial charge < -0.3 is 4.74 Å². The standard InChI is InChI=1S/C24H23FN4O3/c25-20-10-17(13-26)9-19(11-20)23-6-8-32-29(23)24(30)18-3-1-16(2-4-18)15-31-22-5-7-28-21(12-22)14-27/h5,7,9-12,16,18,23H,1-4,6,8,15H2/t16?,18?,23-/m0/s1. The molecule has 1 aromatic heterocycles. The van der Waals surface area contributed by atoms with Gasteiger partial charge in [-0.15, -0.1) is 0 Å². The Bertz CT molecular complexity index is 1070. The molecule has 8 heteroatoms. The number of rotatable bonds is 5. The summed E-state index contributed by atoms with van der Waals surface area (Å²) in [5.74, 6) is 0.226. The maximum atomic E-state index is 13.9. The highest BCUT2D eigenvalue weighted by molar-refractivity contribution is 5.78.